The smallest absolute Gasteiger partial charge is 0.396 e. The van der Waals surface area contributed by atoms with Gasteiger partial charge >= 0.3 is 15.6 Å². The van der Waals surface area contributed by atoms with E-state index in [-0.39, 0.29) is 59.8 Å². The number of aliphatic hydroxyl groups is 2. The van der Waals surface area contributed by atoms with E-state index in [2.05, 4.69) is 0 Å². The molecule has 3 rings (SSSR count). The Labute approximate surface area is 238 Å². The summed E-state index contributed by atoms with van der Waals surface area (Å²) in [6.07, 6.45) is 0.995. The van der Waals surface area contributed by atoms with E-state index in [4.69, 9.17) is 28.3 Å². The second-order valence-electron chi connectivity index (χ2n) is 9.58. The number of hydrogen-bond donors (Lipinski definition) is 4. The van der Waals surface area contributed by atoms with Crippen molar-refractivity contribution in [1.29, 1.82) is 0 Å². The van der Waals surface area contributed by atoms with Crippen LogP contribution in [0.2, 0.25) is 0 Å². The van der Waals surface area contributed by atoms with Gasteiger partial charge < -0.3 is 20.0 Å². The summed E-state index contributed by atoms with van der Waals surface area (Å²) in [4.78, 5) is 71.2. The Hall–Kier alpha value is -2.36. The van der Waals surface area contributed by atoms with E-state index in [1.165, 1.54) is 0 Å². The molecular formula is C24H34N2O14P2. The lowest BCUT2D eigenvalue weighted by atomic mass is 10.1. The Bertz CT molecular complexity index is 1480. The van der Waals surface area contributed by atoms with Crippen LogP contribution >= 0.6 is 15.6 Å². The van der Waals surface area contributed by atoms with Crippen molar-refractivity contribution >= 4 is 37.2 Å². The SMILES string of the molecule is CCC(CO)COP(=O)(O)OCCn1c(=O)c2cc3c(=O)n(CCOP(=O)(O)OCC(CC)CO)c(=O)c3cc2c1=O. The molecule has 0 saturated heterocycles. The van der Waals surface area contributed by atoms with Crippen molar-refractivity contribution in [2.45, 2.75) is 39.8 Å². The minimum atomic E-state index is -4.53. The Kier molecular flexibility index (Phi) is 11.7. The van der Waals surface area contributed by atoms with Crippen LogP contribution < -0.4 is 22.2 Å². The topological polar surface area (TPSA) is 230 Å². The first-order chi connectivity index (χ1) is 19.8. The van der Waals surface area contributed by atoms with Gasteiger partial charge in [0.25, 0.3) is 22.2 Å². The van der Waals surface area contributed by atoms with Gasteiger partial charge in [-0.25, -0.2) is 9.13 Å². The second-order valence-corrected chi connectivity index (χ2v) is 12.5. The Morgan fingerprint density at radius 1 is 0.643 bits per heavy atom. The van der Waals surface area contributed by atoms with E-state index in [0.29, 0.717) is 12.8 Å². The first-order valence-corrected chi connectivity index (χ1v) is 16.1. The fraction of sp³-hybridized carbons (Fsp3) is 0.583. The Morgan fingerprint density at radius 2 is 0.952 bits per heavy atom. The van der Waals surface area contributed by atoms with Crippen molar-refractivity contribution in [3.63, 3.8) is 0 Å². The molecule has 1 aromatic carbocycles. The largest absolute Gasteiger partial charge is 0.472 e. The maximum absolute atomic E-state index is 12.9. The average molecular weight is 636 g/mol. The highest BCUT2D eigenvalue weighted by Gasteiger charge is 2.25. The van der Waals surface area contributed by atoms with Gasteiger partial charge in [-0.15, -0.1) is 0 Å². The molecular weight excluding hydrogens is 602 g/mol. The number of phosphoric ester groups is 2. The number of hydrogen-bond acceptors (Lipinski definition) is 12. The van der Waals surface area contributed by atoms with Crippen LogP contribution in [0.5, 0.6) is 0 Å². The zero-order valence-electron chi connectivity index (χ0n) is 23.0. The number of rotatable bonds is 18. The minimum absolute atomic E-state index is 0.155. The van der Waals surface area contributed by atoms with Crippen molar-refractivity contribution in [3.05, 3.63) is 53.5 Å². The standard InChI is InChI=1S/C24H34N2O14P2/c1-3-15(11-27)13-39-41(33,34)37-7-5-25-21(29)17-9-19-20(10-18(17)22(25)30)24(32)26(23(19)31)6-8-38-42(35,36)40-14-16(4-2)12-28/h9-10,15-16,27-28H,3-8,11-14H2,1-2H3,(H,33,34)(H,35,36). The predicted molar refractivity (Wildman–Crippen MR) is 150 cm³/mol. The third-order valence-electron chi connectivity index (χ3n) is 6.82. The molecule has 0 radical (unpaired) electrons. The molecule has 0 aliphatic heterocycles. The summed E-state index contributed by atoms with van der Waals surface area (Å²) in [5.74, 6) is -0.745. The van der Waals surface area contributed by atoms with Crippen molar-refractivity contribution in [1.82, 2.24) is 9.13 Å². The molecule has 0 amide bonds. The zero-order valence-corrected chi connectivity index (χ0v) is 24.8. The van der Waals surface area contributed by atoms with Crippen molar-refractivity contribution in [3.8, 4) is 0 Å². The number of fused-ring (bicyclic) bond motifs is 2. The fourth-order valence-electron chi connectivity index (χ4n) is 4.05. The monoisotopic (exact) mass is 636 g/mol. The summed E-state index contributed by atoms with van der Waals surface area (Å²) < 4.78 is 44.9. The normalized spacial score (nSPS) is 16.5. The maximum atomic E-state index is 12.9. The quantitative estimate of drug-likeness (QED) is 0.137. The predicted octanol–water partition coefficient (Wildman–Crippen LogP) is 0.217. The molecule has 0 aliphatic carbocycles. The Morgan fingerprint density at radius 3 is 1.21 bits per heavy atom. The summed E-state index contributed by atoms with van der Waals surface area (Å²) in [6, 6.07) is 2.21. The van der Waals surface area contributed by atoms with Crippen LogP contribution in [0.4, 0.5) is 0 Å². The number of aromatic nitrogens is 2. The molecule has 4 atom stereocenters. The highest BCUT2D eigenvalue weighted by molar-refractivity contribution is 7.47. The molecule has 0 saturated carbocycles. The third kappa shape index (κ3) is 7.97. The van der Waals surface area contributed by atoms with E-state index >= 15 is 0 Å². The van der Waals surface area contributed by atoms with Gasteiger partial charge in [-0.1, -0.05) is 13.8 Å². The highest BCUT2D eigenvalue weighted by atomic mass is 31.2. The summed E-state index contributed by atoms with van der Waals surface area (Å²) in [5.41, 5.74) is -3.24. The van der Waals surface area contributed by atoms with Gasteiger partial charge in [-0.3, -0.25) is 46.4 Å². The van der Waals surface area contributed by atoms with E-state index in [0.717, 1.165) is 21.3 Å². The molecule has 2 aromatic heterocycles. The maximum Gasteiger partial charge on any atom is 0.472 e. The van der Waals surface area contributed by atoms with Crippen LogP contribution in [0.3, 0.4) is 0 Å². The van der Waals surface area contributed by atoms with Crippen molar-refractivity contribution < 1.29 is 47.2 Å². The van der Waals surface area contributed by atoms with Gasteiger partial charge in [-0.2, -0.15) is 0 Å². The molecule has 4 N–H and O–H groups in total. The van der Waals surface area contributed by atoms with Gasteiger partial charge in [-0.05, 0) is 25.0 Å². The molecule has 0 fully saturated rings. The lowest BCUT2D eigenvalue weighted by Crippen LogP contribution is -2.28. The van der Waals surface area contributed by atoms with Crippen molar-refractivity contribution in [2.24, 2.45) is 11.8 Å². The molecule has 0 bridgehead atoms. The van der Waals surface area contributed by atoms with Crippen LogP contribution in [0.25, 0.3) is 21.5 Å². The van der Waals surface area contributed by atoms with Gasteiger partial charge in [0.2, 0.25) is 0 Å². The van der Waals surface area contributed by atoms with Crippen LogP contribution in [0.15, 0.2) is 31.3 Å². The molecule has 18 heteroatoms. The molecule has 4 unspecified atom stereocenters. The number of nitrogens with zero attached hydrogens (tertiary/aromatic N) is 2. The van der Waals surface area contributed by atoms with Crippen LogP contribution in [0, 0.1) is 11.8 Å². The molecule has 16 nitrogen and oxygen atoms in total. The second kappa shape index (κ2) is 14.4. The highest BCUT2D eigenvalue weighted by Crippen LogP contribution is 2.44. The summed E-state index contributed by atoms with van der Waals surface area (Å²) in [7, 11) is -9.05. The lowest BCUT2D eigenvalue weighted by molar-refractivity contribution is 0.104. The molecule has 0 spiro atoms. The van der Waals surface area contributed by atoms with Gasteiger partial charge in [0.15, 0.2) is 0 Å². The first-order valence-electron chi connectivity index (χ1n) is 13.1. The third-order valence-corrected chi connectivity index (χ3v) is 8.78. The minimum Gasteiger partial charge on any atom is -0.396 e. The number of benzene rings is 1. The molecule has 42 heavy (non-hydrogen) atoms. The van der Waals surface area contributed by atoms with E-state index in [9.17, 15) is 38.1 Å². The van der Waals surface area contributed by atoms with E-state index in [1.54, 1.807) is 13.8 Å². The zero-order chi connectivity index (χ0) is 31.2. The molecule has 3 aromatic rings. The van der Waals surface area contributed by atoms with Crippen LogP contribution in [-0.4, -0.2) is 68.8 Å². The molecule has 234 valence electrons. The van der Waals surface area contributed by atoms with Crippen molar-refractivity contribution in [2.75, 3.05) is 39.6 Å². The van der Waals surface area contributed by atoms with E-state index in [1.807, 2.05) is 0 Å². The fourth-order valence-corrected chi connectivity index (χ4v) is 5.62. The Balaban J connectivity index is 1.74. The number of phosphoric acid groups is 2. The first kappa shape index (κ1) is 34.1. The van der Waals surface area contributed by atoms with E-state index < -0.39 is 64.2 Å². The summed E-state index contributed by atoms with van der Waals surface area (Å²) >= 11 is 0. The van der Waals surface area contributed by atoms with Gasteiger partial charge in [0.1, 0.15) is 0 Å². The van der Waals surface area contributed by atoms with Crippen LogP contribution in [0.1, 0.15) is 26.7 Å². The van der Waals surface area contributed by atoms with Crippen LogP contribution in [-0.2, 0) is 40.3 Å². The number of aliphatic hydroxyl groups excluding tert-OH is 2. The summed E-state index contributed by atoms with van der Waals surface area (Å²) in [6.45, 7) is 0.610. The van der Waals surface area contributed by atoms with Gasteiger partial charge in [0, 0.05) is 25.0 Å². The molecule has 2 heterocycles. The summed E-state index contributed by atoms with van der Waals surface area (Å²) in [5, 5.41) is 17.7. The molecule has 0 aliphatic rings. The lowest BCUT2D eigenvalue weighted by Gasteiger charge is -2.15. The average Bonchev–Trinajstić information content (AvgIpc) is 3.32. The van der Waals surface area contributed by atoms with Gasteiger partial charge in [0.05, 0.1) is 61.1 Å².